The van der Waals surface area contributed by atoms with Crippen molar-refractivity contribution in [2.75, 3.05) is 13.7 Å². The Hall–Kier alpha value is -1.97. The van der Waals surface area contributed by atoms with Gasteiger partial charge in [0.15, 0.2) is 0 Å². The van der Waals surface area contributed by atoms with Crippen molar-refractivity contribution >= 4 is 16.9 Å². The van der Waals surface area contributed by atoms with E-state index in [2.05, 4.69) is 12.2 Å². The first-order chi connectivity index (χ1) is 8.22. The standard InChI is InChI=1S/C13H14N2O2/c1-8-10-7-9(17-2)3-4-12(10)15-11(8)5-6-14-13(15)16/h3-4,7H,5-6H2,1-2H3,(H,14,16). The van der Waals surface area contributed by atoms with Gasteiger partial charge in [0.1, 0.15) is 5.75 Å². The molecule has 0 saturated carbocycles. The third-order valence-corrected chi connectivity index (χ3v) is 3.39. The first kappa shape index (κ1) is 10.2. The average Bonchev–Trinajstić information content (AvgIpc) is 2.64. The van der Waals surface area contributed by atoms with Crippen LogP contribution in [-0.2, 0) is 6.42 Å². The number of aryl methyl sites for hydroxylation is 1. The Kier molecular flexibility index (Phi) is 2.11. The van der Waals surface area contributed by atoms with Crippen molar-refractivity contribution < 1.29 is 9.53 Å². The van der Waals surface area contributed by atoms with E-state index in [0.29, 0.717) is 6.54 Å². The molecule has 1 aliphatic rings. The number of nitrogens with one attached hydrogen (secondary N) is 1. The number of carbonyl (C=O) groups excluding carboxylic acids is 1. The molecule has 0 bridgehead atoms. The van der Waals surface area contributed by atoms with E-state index < -0.39 is 0 Å². The molecule has 0 unspecified atom stereocenters. The van der Waals surface area contributed by atoms with E-state index in [9.17, 15) is 4.79 Å². The zero-order valence-electron chi connectivity index (χ0n) is 9.91. The highest BCUT2D eigenvalue weighted by Gasteiger charge is 2.22. The quantitative estimate of drug-likeness (QED) is 0.815. The number of rotatable bonds is 1. The molecule has 1 aromatic carbocycles. The molecule has 1 aliphatic heterocycles. The highest BCUT2D eigenvalue weighted by Crippen LogP contribution is 2.30. The fraction of sp³-hybridized carbons (Fsp3) is 0.308. The Morgan fingerprint density at radius 2 is 2.24 bits per heavy atom. The van der Waals surface area contributed by atoms with Crippen molar-refractivity contribution in [1.29, 1.82) is 0 Å². The van der Waals surface area contributed by atoms with Crippen LogP contribution in [0.15, 0.2) is 18.2 Å². The Morgan fingerprint density at radius 3 is 3.00 bits per heavy atom. The second-order valence-electron chi connectivity index (χ2n) is 4.27. The lowest BCUT2D eigenvalue weighted by Gasteiger charge is -2.16. The number of methoxy groups -OCH3 is 1. The summed E-state index contributed by atoms with van der Waals surface area (Å²) in [6.07, 6.45) is 0.884. The lowest BCUT2D eigenvalue weighted by molar-refractivity contribution is 0.240. The van der Waals surface area contributed by atoms with Crippen molar-refractivity contribution in [3.05, 3.63) is 29.5 Å². The molecule has 2 heterocycles. The Balaban J connectivity index is 2.36. The summed E-state index contributed by atoms with van der Waals surface area (Å²) in [5.74, 6) is 0.823. The molecule has 1 N–H and O–H groups in total. The number of hydrogen-bond donors (Lipinski definition) is 1. The maximum atomic E-state index is 11.9. The maximum absolute atomic E-state index is 11.9. The van der Waals surface area contributed by atoms with Crippen molar-refractivity contribution in [2.45, 2.75) is 13.3 Å². The maximum Gasteiger partial charge on any atom is 0.326 e. The van der Waals surface area contributed by atoms with Crippen LogP contribution in [0, 0.1) is 6.92 Å². The van der Waals surface area contributed by atoms with Gasteiger partial charge in [-0.15, -0.1) is 0 Å². The predicted molar refractivity (Wildman–Crippen MR) is 65.7 cm³/mol. The molecular weight excluding hydrogens is 216 g/mol. The molecular formula is C13H14N2O2. The third-order valence-electron chi connectivity index (χ3n) is 3.39. The van der Waals surface area contributed by atoms with Crippen LogP contribution in [0.25, 0.3) is 10.9 Å². The Bertz CT molecular complexity index is 613. The number of fused-ring (bicyclic) bond motifs is 3. The van der Waals surface area contributed by atoms with Gasteiger partial charge in [-0.2, -0.15) is 0 Å². The summed E-state index contributed by atoms with van der Waals surface area (Å²) in [5.41, 5.74) is 3.24. The van der Waals surface area contributed by atoms with E-state index in [1.54, 1.807) is 11.7 Å². The third kappa shape index (κ3) is 1.33. The van der Waals surface area contributed by atoms with Gasteiger partial charge in [-0.3, -0.25) is 4.57 Å². The molecule has 2 aromatic rings. The van der Waals surface area contributed by atoms with Crippen LogP contribution >= 0.6 is 0 Å². The highest BCUT2D eigenvalue weighted by atomic mass is 16.5. The molecule has 3 rings (SSSR count). The SMILES string of the molecule is COc1ccc2c(c1)c(C)c1n2C(=O)NCC1. The number of nitrogens with zero attached hydrogens (tertiary/aromatic N) is 1. The van der Waals surface area contributed by atoms with Gasteiger partial charge >= 0.3 is 6.03 Å². The van der Waals surface area contributed by atoms with Crippen LogP contribution in [0.5, 0.6) is 5.75 Å². The summed E-state index contributed by atoms with van der Waals surface area (Å²) in [5, 5.41) is 3.96. The number of amides is 1. The van der Waals surface area contributed by atoms with Crippen LogP contribution in [0.3, 0.4) is 0 Å². The van der Waals surface area contributed by atoms with Gasteiger partial charge in [0.25, 0.3) is 0 Å². The van der Waals surface area contributed by atoms with Crippen LogP contribution in [0.1, 0.15) is 11.3 Å². The molecule has 1 amide bonds. The van der Waals surface area contributed by atoms with E-state index in [4.69, 9.17) is 4.74 Å². The van der Waals surface area contributed by atoms with Crippen molar-refractivity contribution in [1.82, 2.24) is 9.88 Å². The van der Waals surface area contributed by atoms with Crippen molar-refractivity contribution in [3.8, 4) is 5.75 Å². The van der Waals surface area contributed by atoms with Gasteiger partial charge < -0.3 is 10.1 Å². The van der Waals surface area contributed by atoms with Crippen LogP contribution in [-0.4, -0.2) is 24.3 Å². The summed E-state index contributed by atoms with van der Waals surface area (Å²) < 4.78 is 7.00. The molecule has 0 radical (unpaired) electrons. The van der Waals surface area contributed by atoms with Crippen LogP contribution < -0.4 is 10.1 Å². The van der Waals surface area contributed by atoms with Crippen LogP contribution in [0.4, 0.5) is 4.79 Å². The van der Waals surface area contributed by atoms with Gasteiger partial charge in [-0.05, 0) is 30.7 Å². The molecule has 0 atom stereocenters. The average molecular weight is 230 g/mol. The van der Waals surface area contributed by atoms with E-state index in [1.165, 1.54) is 5.56 Å². The number of benzene rings is 1. The van der Waals surface area contributed by atoms with E-state index >= 15 is 0 Å². The second kappa shape index (κ2) is 3.52. The summed E-state index contributed by atoms with van der Waals surface area (Å²) in [6, 6.07) is 5.78. The largest absolute Gasteiger partial charge is 0.497 e. The molecule has 0 saturated heterocycles. The summed E-state index contributed by atoms with van der Waals surface area (Å²) in [6.45, 7) is 2.78. The zero-order chi connectivity index (χ0) is 12.0. The van der Waals surface area contributed by atoms with Gasteiger partial charge in [-0.1, -0.05) is 0 Å². The van der Waals surface area contributed by atoms with Gasteiger partial charge in [0, 0.05) is 24.0 Å². The smallest absolute Gasteiger partial charge is 0.326 e. The van der Waals surface area contributed by atoms with Gasteiger partial charge in [-0.25, -0.2) is 4.79 Å². The molecule has 88 valence electrons. The Labute approximate surface area is 99.2 Å². The number of hydrogen-bond acceptors (Lipinski definition) is 2. The number of ether oxygens (including phenoxy) is 1. The monoisotopic (exact) mass is 230 g/mol. The molecule has 1 aromatic heterocycles. The Morgan fingerprint density at radius 1 is 1.41 bits per heavy atom. The molecule has 0 fully saturated rings. The molecule has 4 heteroatoms. The summed E-state index contributed by atoms with van der Waals surface area (Å²) in [7, 11) is 1.65. The van der Waals surface area contributed by atoms with Crippen molar-refractivity contribution in [3.63, 3.8) is 0 Å². The molecule has 17 heavy (non-hydrogen) atoms. The molecule has 4 nitrogen and oxygen atoms in total. The van der Waals surface area contributed by atoms with E-state index in [0.717, 1.165) is 28.8 Å². The molecule has 0 aliphatic carbocycles. The fourth-order valence-corrected chi connectivity index (χ4v) is 2.50. The van der Waals surface area contributed by atoms with E-state index in [-0.39, 0.29) is 6.03 Å². The highest BCUT2D eigenvalue weighted by molar-refractivity contribution is 5.96. The minimum absolute atomic E-state index is 0.0329. The van der Waals surface area contributed by atoms with E-state index in [1.807, 2.05) is 18.2 Å². The topological polar surface area (TPSA) is 43.3 Å². The summed E-state index contributed by atoms with van der Waals surface area (Å²) >= 11 is 0. The predicted octanol–water partition coefficient (Wildman–Crippen LogP) is 2.07. The number of carbonyl (C=O) groups is 1. The fourth-order valence-electron chi connectivity index (χ4n) is 2.50. The zero-order valence-corrected chi connectivity index (χ0v) is 9.91. The van der Waals surface area contributed by atoms with Gasteiger partial charge in [0.05, 0.1) is 12.6 Å². The lowest BCUT2D eigenvalue weighted by Crippen LogP contribution is -2.36. The number of aromatic nitrogens is 1. The normalized spacial score (nSPS) is 14.6. The first-order valence-electron chi connectivity index (χ1n) is 5.68. The van der Waals surface area contributed by atoms with Crippen molar-refractivity contribution in [2.24, 2.45) is 0 Å². The summed E-state index contributed by atoms with van der Waals surface area (Å²) in [4.78, 5) is 11.9. The minimum Gasteiger partial charge on any atom is -0.497 e. The van der Waals surface area contributed by atoms with Gasteiger partial charge in [0.2, 0.25) is 0 Å². The minimum atomic E-state index is -0.0329. The van der Waals surface area contributed by atoms with Crippen LogP contribution in [0.2, 0.25) is 0 Å². The second-order valence-corrected chi connectivity index (χ2v) is 4.27. The molecule has 0 spiro atoms. The first-order valence-corrected chi connectivity index (χ1v) is 5.68. The lowest BCUT2D eigenvalue weighted by atomic mass is 10.1.